The lowest BCUT2D eigenvalue weighted by Crippen LogP contribution is -2.15. The van der Waals surface area contributed by atoms with Crippen LogP contribution in [0.1, 0.15) is 38.5 Å². The summed E-state index contributed by atoms with van der Waals surface area (Å²) in [5.74, 6) is 0.388. The quantitative estimate of drug-likeness (QED) is 0.717. The maximum atomic E-state index is 13.1. The Hall–Kier alpha value is -0.570. The van der Waals surface area contributed by atoms with Gasteiger partial charge in [0.15, 0.2) is 0 Å². The maximum absolute atomic E-state index is 13.1. The van der Waals surface area contributed by atoms with E-state index >= 15 is 0 Å². The van der Waals surface area contributed by atoms with Gasteiger partial charge in [0.1, 0.15) is 11.6 Å². The van der Waals surface area contributed by atoms with E-state index in [-0.39, 0.29) is 11.9 Å². The molecule has 16 heavy (non-hydrogen) atoms. The molecule has 0 amide bonds. The number of hydrogen-bond acceptors (Lipinski definition) is 1. The number of benzene rings is 1. The molecule has 1 saturated carbocycles. The highest BCUT2D eigenvalue weighted by molar-refractivity contribution is 9.10. The molecule has 88 valence electrons. The van der Waals surface area contributed by atoms with Gasteiger partial charge in [-0.2, -0.15) is 0 Å². The van der Waals surface area contributed by atoms with Gasteiger partial charge < -0.3 is 4.74 Å². The zero-order valence-electron chi connectivity index (χ0n) is 9.22. The lowest BCUT2D eigenvalue weighted by Gasteiger charge is -2.17. The number of ether oxygens (including phenoxy) is 1. The second-order valence-electron chi connectivity index (χ2n) is 4.31. The minimum absolute atomic E-state index is 0.244. The van der Waals surface area contributed by atoms with Crippen molar-refractivity contribution >= 4 is 15.9 Å². The molecule has 0 heterocycles. The number of rotatable bonds is 2. The molecule has 0 bridgehead atoms. The Morgan fingerprint density at radius 1 is 1.12 bits per heavy atom. The van der Waals surface area contributed by atoms with Crippen molar-refractivity contribution in [3.8, 4) is 5.75 Å². The summed E-state index contributed by atoms with van der Waals surface area (Å²) in [7, 11) is 0. The highest BCUT2D eigenvalue weighted by Gasteiger charge is 2.15. The topological polar surface area (TPSA) is 9.23 Å². The monoisotopic (exact) mass is 286 g/mol. The standard InChI is InChI=1S/C13H16BrFO/c14-12-8-7-10(15)9-13(12)16-11-5-3-1-2-4-6-11/h7-9,11H,1-6H2. The molecule has 0 saturated heterocycles. The van der Waals surface area contributed by atoms with Crippen molar-refractivity contribution in [2.24, 2.45) is 0 Å². The van der Waals surface area contributed by atoms with Crippen LogP contribution in [0.5, 0.6) is 5.75 Å². The van der Waals surface area contributed by atoms with E-state index < -0.39 is 0 Å². The molecule has 0 radical (unpaired) electrons. The molecule has 1 fully saturated rings. The van der Waals surface area contributed by atoms with E-state index in [1.807, 2.05) is 0 Å². The molecule has 0 aromatic heterocycles. The van der Waals surface area contributed by atoms with E-state index in [9.17, 15) is 4.39 Å². The fourth-order valence-corrected chi connectivity index (χ4v) is 2.45. The molecule has 0 atom stereocenters. The van der Waals surface area contributed by atoms with Crippen LogP contribution in [-0.4, -0.2) is 6.10 Å². The van der Waals surface area contributed by atoms with Gasteiger partial charge in [-0.3, -0.25) is 0 Å². The third-order valence-electron chi connectivity index (χ3n) is 2.99. The van der Waals surface area contributed by atoms with Crippen molar-refractivity contribution in [2.75, 3.05) is 0 Å². The Balaban J connectivity index is 2.04. The minimum atomic E-state index is -0.244. The average Bonchev–Trinajstić information content (AvgIpc) is 2.52. The summed E-state index contributed by atoms with van der Waals surface area (Å²) >= 11 is 3.39. The minimum Gasteiger partial charge on any atom is -0.489 e. The van der Waals surface area contributed by atoms with Gasteiger partial charge in [-0.25, -0.2) is 4.39 Å². The highest BCUT2D eigenvalue weighted by Crippen LogP contribution is 2.29. The van der Waals surface area contributed by atoms with Crippen LogP contribution in [0.2, 0.25) is 0 Å². The van der Waals surface area contributed by atoms with E-state index in [1.54, 1.807) is 6.07 Å². The predicted molar refractivity (Wildman–Crippen MR) is 66.2 cm³/mol. The molecule has 1 aromatic carbocycles. The summed E-state index contributed by atoms with van der Waals surface area (Å²) in [4.78, 5) is 0. The van der Waals surface area contributed by atoms with Crippen LogP contribution in [0.25, 0.3) is 0 Å². The fraction of sp³-hybridized carbons (Fsp3) is 0.538. The predicted octanol–water partition coefficient (Wildman–Crippen LogP) is 4.69. The van der Waals surface area contributed by atoms with Gasteiger partial charge in [-0.05, 0) is 53.7 Å². The van der Waals surface area contributed by atoms with Crippen LogP contribution in [-0.2, 0) is 0 Å². The summed E-state index contributed by atoms with van der Waals surface area (Å²) in [5.41, 5.74) is 0. The van der Waals surface area contributed by atoms with Gasteiger partial charge in [0.25, 0.3) is 0 Å². The summed E-state index contributed by atoms with van der Waals surface area (Å²) in [5, 5.41) is 0. The maximum Gasteiger partial charge on any atom is 0.136 e. The molecular weight excluding hydrogens is 271 g/mol. The molecular formula is C13H16BrFO. The van der Waals surface area contributed by atoms with Gasteiger partial charge >= 0.3 is 0 Å². The van der Waals surface area contributed by atoms with Gasteiger partial charge in [0.2, 0.25) is 0 Å². The van der Waals surface area contributed by atoms with Gasteiger partial charge in [-0.1, -0.05) is 12.8 Å². The Morgan fingerprint density at radius 2 is 1.81 bits per heavy atom. The van der Waals surface area contributed by atoms with Gasteiger partial charge in [0.05, 0.1) is 10.6 Å². The van der Waals surface area contributed by atoms with Crippen molar-refractivity contribution in [1.29, 1.82) is 0 Å². The SMILES string of the molecule is Fc1ccc(Br)c(OC2CCCCCC2)c1. The Labute approximate surface area is 104 Å². The lowest BCUT2D eigenvalue weighted by atomic mass is 10.1. The van der Waals surface area contributed by atoms with Crippen molar-refractivity contribution in [3.05, 3.63) is 28.5 Å². The molecule has 1 nitrogen and oxygen atoms in total. The highest BCUT2D eigenvalue weighted by atomic mass is 79.9. The van der Waals surface area contributed by atoms with Crippen LogP contribution in [0.4, 0.5) is 4.39 Å². The average molecular weight is 287 g/mol. The van der Waals surface area contributed by atoms with E-state index in [4.69, 9.17) is 4.74 Å². The molecule has 3 heteroatoms. The van der Waals surface area contributed by atoms with E-state index in [2.05, 4.69) is 15.9 Å². The second kappa shape index (κ2) is 5.67. The van der Waals surface area contributed by atoms with Crippen LogP contribution in [0, 0.1) is 5.82 Å². The van der Waals surface area contributed by atoms with Crippen molar-refractivity contribution in [2.45, 2.75) is 44.6 Å². The van der Waals surface area contributed by atoms with E-state index in [1.165, 1.54) is 37.8 Å². The first kappa shape index (κ1) is 11.9. The van der Waals surface area contributed by atoms with Crippen molar-refractivity contribution < 1.29 is 9.13 Å². The van der Waals surface area contributed by atoms with E-state index in [0.29, 0.717) is 5.75 Å². The van der Waals surface area contributed by atoms with Crippen LogP contribution >= 0.6 is 15.9 Å². The fourth-order valence-electron chi connectivity index (χ4n) is 2.11. The Bertz CT molecular complexity index is 346. The van der Waals surface area contributed by atoms with Gasteiger partial charge in [0, 0.05) is 6.07 Å². The summed E-state index contributed by atoms with van der Waals surface area (Å²) in [6, 6.07) is 4.58. The van der Waals surface area contributed by atoms with Crippen molar-refractivity contribution in [3.63, 3.8) is 0 Å². The third-order valence-corrected chi connectivity index (χ3v) is 3.64. The molecule has 0 aliphatic heterocycles. The first-order valence-corrected chi connectivity index (χ1v) is 6.67. The first-order valence-electron chi connectivity index (χ1n) is 5.87. The molecule has 1 aliphatic carbocycles. The molecule has 0 unspecified atom stereocenters. The largest absolute Gasteiger partial charge is 0.489 e. The molecule has 0 N–H and O–H groups in total. The molecule has 0 spiro atoms. The van der Waals surface area contributed by atoms with Gasteiger partial charge in [-0.15, -0.1) is 0 Å². The van der Waals surface area contributed by atoms with E-state index in [0.717, 1.165) is 17.3 Å². The van der Waals surface area contributed by atoms with Crippen LogP contribution < -0.4 is 4.74 Å². The summed E-state index contributed by atoms with van der Waals surface area (Å²) < 4.78 is 19.8. The third kappa shape index (κ3) is 3.21. The molecule has 1 aromatic rings. The Morgan fingerprint density at radius 3 is 2.50 bits per heavy atom. The normalized spacial score (nSPS) is 18.1. The lowest BCUT2D eigenvalue weighted by molar-refractivity contribution is 0.182. The van der Waals surface area contributed by atoms with Crippen LogP contribution in [0.15, 0.2) is 22.7 Å². The second-order valence-corrected chi connectivity index (χ2v) is 5.16. The Kier molecular flexibility index (Phi) is 4.22. The van der Waals surface area contributed by atoms with Crippen molar-refractivity contribution in [1.82, 2.24) is 0 Å². The first-order chi connectivity index (χ1) is 7.75. The number of halogens is 2. The molecule has 2 rings (SSSR count). The number of hydrogen-bond donors (Lipinski definition) is 0. The summed E-state index contributed by atoms with van der Waals surface area (Å²) in [6.07, 6.45) is 7.45. The molecule has 1 aliphatic rings. The summed E-state index contributed by atoms with van der Waals surface area (Å²) in [6.45, 7) is 0. The van der Waals surface area contributed by atoms with Crippen LogP contribution in [0.3, 0.4) is 0 Å². The zero-order valence-corrected chi connectivity index (χ0v) is 10.8. The smallest absolute Gasteiger partial charge is 0.136 e. The zero-order chi connectivity index (χ0) is 11.4.